The van der Waals surface area contributed by atoms with E-state index in [0.29, 0.717) is 13.2 Å². The highest BCUT2D eigenvalue weighted by Crippen LogP contribution is 2.33. The number of rotatable bonds is 3. The Hall–Kier alpha value is -1.66. The standard InChI is InChI=1S/C18H22N2O3S/c1-12-4-3-5-14-15(12)19-17(24-14)23-13-6-8-20(9-7-13)16(21)18(2)10-22-11-18/h3-5,13H,6-11H2,1-2H3. The zero-order valence-electron chi connectivity index (χ0n) is 14.1. The van der Waals surface area contributed by atoms with Crippen LogP contribution in [0.3, 0.4) is 0 Å². The molecule has 2 saturated heterocycles. The fourth-order valence-corrected chi connectivity index (χ4v) is 4.31. The summed E-state index contributed by atoms with van der Waals surface area (Å²) >= 11 is 1.60. The summed E-state index contributed by atoms with van der Waals surface area (Å²) in [4.78, 5) is 19.1. The van der Waals surface area contributed by atoms with Gasteiger partial charge in [-0.15, -0.1) is 0 Å². The number of hydrogen-bond donors (Lipinski definition) is 0. The number of aryl methyl sites for hydroxylation is 1. The maximum Gasteiger partial charge on any atom is 0.274 e. The van der Waals surface area contributed by atoms with Crippen LogP contribution in [0.15, 0.2) is 18.2 Å². The van der Waals surface area contributed by atoms with Crippen LogP contribution in [0.4, 0.5) is 0 Å². The predicted octanol–water partition coefficient (Wildman–Crippen LogP) is 3.01. The summed E-state index contributed by atoms with van der Waals surface area (Å²) < 4.78 is 12.5. The Labute approximate surface area is 145 Å². The van der Waals surface area contributed by atoms with E-state index in [9.17, 15) is 4.79 Å². The molecule has 0 aliphatic carbocycles. The Morgan fingerprint density at radius 1 is 1.38 bits per heavy atom. The van der Waals surface area contributed by atoms with Crippen molar-refractivity contribution in [3.05, 3.63) is 23.8 Å². The molecule has 2 aromatic rings. The molecule has 6 heteroatoms. The molecule has 1 amide bonds. The average Bonchev–Trinajstić information content (AvgIpc) is 2.97. The highest BCUT2D eigenvalue weighted by atomic mass is 32.1. The van der Waals surface area contributed by atoms with Gasteiger partial charge in [-0.1, -0.05) is 23.5 Å². The molecule has 128 valence electrons. The molecule has 0 N–H and O–H groups in total. The lowest BCUT2D eigenvalue weighted by atomic mass is 9.86. The van der Waals surface area contributed by atoms with Crippen molar-refractivity contribution in [3.8, 4) is 5.19 Å². The minimum Gasteiger partial charge on any atom is -0.467 e. The number of carbonyl (C=O) groups excluding carboxylic acids is 1. The van der Waals surface area contributed by atoms with Gasteiger partial charge < -0.3 is 14.4 Å². The SMILES string of the molecule is Cc1cccc2sc(OC3CCN(C(=O)C4(C)COC4)CC3)nc12. The Balaban J connectivity index is 1.37. The summed E-state index contributed by atoms with van der Waals surface area (Å²) in [5, 5.41) is 0.739. The predicted molar refractivity (Wildman–Crippen MR) is 93.5 cm³/mol. The van der Waals surface area contributed by atoms with Crippen molar-refractivity contribution in [2.45, 2.75) is 32.8 Å². The molecule has 2 aliphatic rings. The Kier molecular flexibility index (Phi) is 3.96. The van der Waals surface area contributed by atoms with E-state index in [4.69, 9.17) is 9.47 Å². The Morgan fingerprint density at radius 3 is 2.75 bits per heavy atom. The minimum absolute atomic E-state index is 0.139. The number of amides is 1. The number of likely N-dealkylation sites (tertiary alicyclic amines) is 1. The number of nitrogens with zero attached hydrogens (tertiary/aromatic N) is 2. The molecule has 4 rings (SSSR count). The molecule has 24 heavy (non-hydrogen) atoms. The summed E-state index contributed by atoms with van der Waals surface area (Å²) in [5.74, 6) is 0.225. The quantitative estimate of drug-likeness (QED) is 0.857. The van der Waals surface area contributed by atoms with E-state index in [-0.39, 0.29) is 17.4 Å². The van der Waals surface area contributed by atoms with Crippen molar-refractivity contribution in [1.82, 2.24) is 9.88 Å². The third-order valence-corrected chi connectivity index (χ3v) is 5.87. The molecule has 0 saturated carbocycles. The Bertz CT molecular complexity index is 761. The molecule has 2 aliphatic heterocycles. The lowest BCUT2D eigenvalue weighted by molar-refractivity contribution is -0.170. The zero-order valence-corrected chi connectivity index (χ0v) is 14.9. The molecule has 5 nitrogen and oxygen atoms in total. The van der Waals surface area contributed by atoms with Crippen LogP contribution in [0.1, 0.15) is 25.3 Å². The summed E-state index contributed by atoms with van der Waals surface area (Å²) in [6.07, 6.45) is 1.86. The maximum absolute atomic E-state index is 12.5. The van der Waals surface area contributed by atoms with E-state index in [1.54, 1.807) is 11.3 Å². The molecule has 0 radical (unpaired) electrons. The van der Waals surface area contributed by atoms with Crippen molar-refractivity contribution in [1.29, 1.82) is 0 Å². The van der Waals surface area contributed by atoms with Crippen LogP contribution in [0.5, 0.6) is 5.19 Å². The van der Waals surface area contributed by atoms with Crippen LogP contribution in [0.25, 0.3) is 10.2 Å². The molecule has 1 aromatic carbocycles. The summed E-state index contributed by atoms with van der Waals surface area (Å²) in [7, 11) is 0. The van der Waals surface area contributed by atoms with Gasteiger partial charge >= 0.3 is 0 Å². The van der Waals surface area contributed by atoms with Crippen LogP contribution in [0.2, 0.25) is 0 Å². The molecular formula is C18H22N2O3S. The summed E-state index contributed by atoms with van der Waals surface area (Å²) in [6, 6.07) is 6.20. The third-order valence-electron chi connectivity index (χ3n) is 4.96. The fraction of sp³-hybridized carbons (Fsp3) is 0.556. The van der Waals surface area contributed by atoms with E-state index in [0.717, 1.165) is 41.3 Å². The fourth-order valence-electron chi connectivity index (χ4n) is 3.35. The number of piperidine rings is 1. The van der Waals surface area contributed by atoms with Crippen LogP contribution >= 0.6 is 11.3 Å². The highest BCUT2D eigenvalue weighted by Gasteiger charge is 2.44. The van der Waals surface area contributed by atoms with Crippen LogP contribution in [0, 0.1) is 12.3 Å². The third kappa shape index (κ3) is 2.78. The first-order valence-electron chi connectivity index (χ1n) is 8.45. The van der Waals surface area contributed by atoms with Gasteiger partial charge in [0.2, 0.25) is 5.91 Å². The second kappa shape index (κ2) is 6.01. The van der Waals surface area contributed by atoms with Gasteiger partial charge in [0.25, 0.3) is 5.19 Å². The number of carbonyl (C=O) groups is 1. The first-order chi connectivity index (χ1) is 11.5. The van der Waals surface area contributed by atoms with Gasteiger partial charge in [0.1, 0.15) is 6.10 Å². The van der Waals surface area contributed by atoms with Crippen molar-refractivity contribution >= 4 is 27.5 Å². The van der Waals surface area contributed by atoms with Gasteiger partial charge in [-0.05, 0) is 25.5 Å². The van der Waals surface area contributed by atoms with E-state index < -0.39 is 0 Å². The Morgan fingerprint density at radius 2 is 2.12 bits per heavy atom. The van der Waals surface area contributed by atoms with Gasteiger partial charge in [-0.25, -0.2) is 4.98 Å². The van der Waals surface area contributed by atoms with Gasteiger partial charge in [0.05, 0.1) is 28.8 Å². The minimum atomic E-state index is -0.307. The molecule has 0 bridgehead atoms. The van der Waals surface area contributed by atoms with Gasteiger partial charge in [0, 0.05) is 25.9 Å². The van der Waals surface area contributed by atoms with Crippen LogP contribution in [-0.4, -0.2) is 48.2 Å². The summed E-state index contributed by atoms with van der Waals surface area (Å²) in [5.41, 5.74) is 1.90. The van der Waals surface area contributed by atoms with Gasteiger partial charge in [-0.3, -0.25) is 4.79 Å². The zero-order chi connectivity index (χ0) is 16.7. The average molecular weight is 346 g/mol. The molecule has 2 fully saturated rings. The van der Waals surface area contributed by atoms with E-state index >= 15 is 0 Å². The highest BCUT2D eigenvalue weighted by molar-refractivity contribution is 7.20. The lowest BCUT2D eigenvalue weighted by Crippen LogP contribution is -2.55. The number of thiazole rings is 1. The van der Waals surface area contributed by atoms with Crippen LogP contribution in [-0.2, 0) is 9.53 Å². The first-order valence-corrected chi connectivity index (χ1v) is 9.27. The normalized spacial score (nSPS) is 20.8. The summed E-state index contributed by atoms with van der Waals surface area (Å²) in [6.45, 7) is 6.66. The first kappa shape index (κ1) is 15.8. The number of fused-ring (bicyclic) bond motifs is 1. The topological polar surface area (TPSA) is 51.7 Å². The van der Waals surface area contributed by atoms with E-state index in [1.807, 2.05) is 11.8 Å². The lowest BCUT2D eigenvalue weighted by Gasteiger charge is -2.42. The van der Waals surface area contributed by atoms with Crippen molar-refractivity contribution < 1.29 is 14.3 Å². The van der Waals surface area contributed by atoms with Crippen molar-refractivity contribution in [2.24, 2.45) is 5.41 Å². The number of para-hydroxylation sites is 1. The number of ether oxygens (including phenoxy) is 2. The number of hydrogen-bond acceptors (Lipinski definition) is 5. The molecule has 0 unspecified atom stereocenters. The number of benzene rings is 1. The monoisotopic (exact) mass is 346 g/mol. The largest absolute Gasteiger partial charge is 0.467 e. The van der Waals surface area contributed by atoms with Gasteiger partial charge in [0.15, 0.2) is 0 Å². The molecule has 0 atom stereocenters. The molecular weight excluding hydrogens is 324 g/mol. The van der Waals surface area contributed by atoms with E-state index in [2.05, 4.69) is 30.1 Å². The second-order valence-electron chi connectivity index (χ2n) is 7.06. The number of aromatic nitrogens is 1. The van der Waals surface area contributed by atoms with Crippen molar-refractivity contribution in [2.75, 3.05) is 26.3 Å². The molecule has 3 heterocycles. The van der Waals surface area contributed by atoms with Crippen molar-refractivity contribution in [3.63, 3.8) is 0 Å². The van der Waals surface area contributed by atoms with Crippen LogP contribution < -0.4 is 4.74 Å². The molecule has 1 aromatic heterocycles. The molecule has 0 spiro atoms. The maximum atomic E-state index is 12.5. The van der Waals surface area contributed by atoms with Gasteiger partial charge in [-0.2, -0.15) is 0 Å². The second-order valence-corrected chi connectivity index (χ2v) is 8.06. The smallest absolute Gasteiger partial charge is 0.274 e. The van der Waals surface area contributed by atoms with E-state index in [1.165, 1.54) is 5.56 Å².